The third kappa shape index (κ3) is 4.41. The molecule has 2 aromatic rings. The predicted octanol–water partition coefficient (Wildman–Crippen LogP) is 1.33. The zero-order chi connectivity index (χ0) is 14.2. The fourth-order valence-electron chi connectivity index (χ4n) is 1.91. The van der Waals surface area contributed by atoms with Crippen LogP contribution in [0.25, 0.3) is 0 Å². The number of hydrogen-bond acceptors (Lipinski definition) is 6. The summed E-state index contributed by atoms with van der Waals surface area (Å²) in [5.41, 5.74) is 6.44. The van der Waals surface area contributed by atoms with E-state index in [0.29, 0.717) is 12.4 Å². The van der Waals surface area contributed by atoms with Gasteiger partial charge in [-0.15, -0.1) is 5.10 Å². The van der Waals surface area contributed by atoms with Gasteiger partial charge in [0.2, 0.25) is 5.89 Å². The molecular weight excluding hydrogens is 256 g/mol. The average Bonchev–Trinajstić information content (AvgIpc) is 3.07. The molecule has 0 aromatic carbocycles. The van der Waals surface area contributed by atoms with Crippen LogP contribution in [0.4, 0.5) is 0 Å². The van der Waals surface area contributed by atoms with Crippen molar-refractivity contribution in [1.29, 1.82) is 0 Å². The minimum atomic E-state index is 0.475. The van der Waals surface area contributed by atoms with Crippen molar-refractivity contribution in [2.75, 3.05) is 6.54 Å². The third-order valence-electron chi connectivity index (χ3n) is 3.03. The highest BCUT2D eigenvalue weighted by Crippen LogP contribution is 2.05. The molecule has 0 aliphatic carbocycles. The van der Waals surface area contributed by atoms with Crippen LogP contribution >= 0.6 is 0 Å². The van der Waals surface area contributed by atoms with E-state index in [2.05, 4.69) is 27.4 Å². The maximum atomic E-state index is 5.47. The van der Waals surface area contributed by atoms with E-state index in [-0.39, 0.29) is 0 Å². The summed E-state index contributed by atoms with van der Waals surface area (Å²) in [5, 5.41) is 12.1. The second-order valence-corrected chi connectivity index (χ2v) is 4.86. The fourth-order valence-corrected chi connectivity index (χ4v) is 1.91. The van der Waals surface area contributed by atoms with E-state index in [1.807, 2.05) is 6.20 Å². The molecule has 2 N–H and O–H groups in total. The molecule has 0 saturated carbocycles. The van der Waals surface area contributed by atoms with Gasteiger partial charge in [-0.1, -0.05) is 23.7 Å². The summed E-state index contributed by atoms with van der Waals surface area (Å²) in [6.07, 6.45) is 7.94. The highest BCUT2D eigenvalue weighted by Gasteiger charge is 2.08. The molecule has 110 valence electrons. The van der Waals surface area contributed by atoms with Crippen molar-refractivity contribution < 1.29 is 4.52 Å². The second-order valence-electron chi connectivity index (χ2n) is 4.86. The maximum absolute atomic E-state index is 5.47. The lowest BCUT2D eigenvalue weighted by molar-refractivity contribution is 0.359. The molecule has 7 heteroatoms. The van der Waals surface area contributed by atoms with E-state index in [9.17, 15) is 0 Å². The monoisotopic (exact) mass is 278 g/mol. The standard InChI is InChI=1S/C13H22N6O/c1-2-3-7-12-15-13(20-17-12)10-19-9-11(16-18-19)6-4-5-8-14/h9H,2-8,10,14H2,1H3. The molecule has 0 radical (unpaired) electrons. The Morgan fingerprint density at radius 1 is 1.25 bits per heavy atom. The van der Waals surface area contributed by atoms with Crippen molar-refractivity contribution in [3.63, 3.8) is 0 Å². The van der Waals surface area contributed by atoms with Crippen LogP contribution in [0.3, 0.4) is 0 Å². The molecule has 0 amide bonds. The van der Waals surface area contributed by atoms with E-state index in [1.165, 1.54) is 0 Å². The smallest absolute Gasteiger partial charge is 0.248 e. The van der Waals surface area contributed by atoms with Crippen molar-refractivity contribution in [1.82, 2.24) is 25.1 Å². The molecule has 2 heterocycles. The Morgan fingerprint density at radius 3 is 2.95 bits per heavy atom. The summed E-state index contributed by atoms with van der Waals surface area (Å²) in [4.78, 5) is 4.34. The zero-order valence-corrected chi connectivity index (χ0v) is 12.0. The van der Waals surface area contributed by atoms with Gasteiger partial charge in [0.05, 0.1) is 5.69 Å². The number of nitrogens with zero attached hydrogens (tertiary/aromatic N) is 5. The topological polar surface area (TPSA) is 95.7 Å². The Hall–Kier alpha value is -1.76. The highest BCUT2D eigenvalue weighted by molar-refractivity contribution is 4.94. The summed E-state index contributed by atoms with van der Waals surface area (Å²) in [7, 11) is 0. The minimum absolute atomic E-state index is 0.475. The Kier molecular flexibility index (Phi) is 5.67. The van der Waals surface area contributed by atoms with Crippen LogP contribution in [0, 0.1) is 0 Å². The van der Waals surface area contributed by atoms with Gasteiger partial charge in [-0.3, -0.25) is 0 Å². The van der Waals surface area contributed by atoms with Gasteiger partial charge in [-0.2, -0.15) is 4.98 Å². The van der Waals surface area contributed by atoms with E-state index in [4.69, 9.17) is 10.3 Å². The Morgan fingerprint density at radius 2 is 2.15 bits per heavy atom. The number of nitrogens with two attached hydrogens (primary N) is 1. The summed E-state index contributed by atoms with van der Waals surface area (Å²) >= 11 is 0. The number of aromatic nitrogens is 5. The van der Waals surface area contributed by atoms with Gasteiger partial charge in [0, 0.05) is 12.6 Å². The highest BCUT2D eigenvalue weighted by atomic mass is 16.5. The lowest BCUT2D eigenvalue weighted by Gasteiger charge is -1.94. The van der Waals surface area contributed by atoms with Crippen LogP contribution < -0.4 is 5.73 Å². The van der Waals surface area contributed by atoms with Crippen LogP contribution in [0.2, 0.25) is 0 Å². The molecular formula is C13H22N6O. The summed E-state index contributed by atoms with van der Waals surface area (Å²) in [6, 6.07) is 0. The van der Waals surface area contributed by atoms with Crippen LogP contribution in [0.15, 0.2) is 10.7 Å². The summed E-state index contributed by atoms with van der Waals surface area (Å²) in [5.74, 6) is 1.35. The predicted molar refractivity (Wildman–Crippen MR) is 74.0 cm³/mol. The SMILES string of the molecule is CCCCc1noc(Cn2cc(CCCCN)nn2)n1. The molecule has 0 atom stereocenters. The first-order valence-electron chi connectivity index (χ1n) is 7.22. The number of unbranched alkanes of at least 4 members (excludes halogenated alkanes) is 2. The van der Waals surface area contributed by atoms with E-state index >= 15 is 0 Å². The Bertz CT molecular complexity index is 506. The van der Waals surface area contributed by atoms with Crippen LogP contribution in [-0.4, -0.2) is 31.7 Å². The Balaban J connectivity index is 1.84. The molecule has 0 unspecified atom stereocenters. The largest absolute Gasteiger partial charge is 0.337 e. The van der Waals surface area contributed by atoms with Crippen LogP contribution in [0.1, 0.15) is 50.0 Å². The molecule has 0 aliphatic heterocycles. The van der Waals surface area contributed by atoms with Gasteiger partial charge in [-0.05, 0) is 32.2 Å². The van der Waals surface area contributed by atoms with Gasteiger partial charge in [0.25, 0.3) is 0 Å². The van der Waals surface area contributed by atoms with Gasteiger partial charge in [-0.25, -0.2) is 4.68 Å². The first-order chi connectivity index (χ1) is 9.81. The van der Waals surface area contributed by atoms with Crippen molar-refractivity contribution in [2.24, 2.45) is 5.73 Å². The zero-order valence-electron chi connectivity index (χ0n) is 12.0. The fraction of sp³-hybridized carbons (Fsp3) is 0.692. The number of hydrogen-bond donors (Lipinski definition) is 1. The van der Waals surface area contributed by atoms with Gasteiger partial charge >= 0.3 is 0 Å². The minimum Gasteiger partial charge on any atom is -0.337 e. The molecule has 0 bridgehead atoms. The van der Waals surface area contributed by atoms with Crippen molar-refractivity contribution in [2.45, 2.75) is 52.0 Å². The van der Waals surface area contributed by atoms with Gasteiger partial charge < -0.3 is 10.3 Å². The average molecular weight is 278 g/mol. The Labute approximate surface area is 118 Å². The molecule has 2 aromatic heterocycles. The lowest BCUT2D eigenvalue weighted by Crippen LogP contribution is -2.01. The van der Waals surface area contributed by atoms with E-state index < -0.39 is 0 Å². The van der Waals surface area contributed by atoms with Crippen LogP contribution in [-0.2, 0) is 19.4 Å². The number of aryl methyl sites for hydroxylation is 2. The van der Waals surface area contributed by atoms with Crippen molar-refractivity contribution >= 4 is 0 Å². The van der Waals surface area contributed by atoms with Crippen molar-refractivity contribution in [3.8, 4) is 0 Å². The maximum Gasteiger partial charge on any atom is 0.248 e. The third-order valence-corrected chi connectivity index (χ3v) is 3.03. The van der Waals surface area contributed by atoms with Crippen molar-refractivity contribution in [3.05, 3.63) is 23.6 Å². The molecule has 0 aliphatic rings. The lowest BCUT2D eigenvalue weighted by atomic mass is 10.2. The normalized spacial score (nSPS) is 11.1. The number of rotatable bonds is 9. The quantitative estimate of drug-likeness (QED) is 0.695. The first kappa shape index (κ1) is 14.6. The molecule has 0 spiro atoms. The molecule has 0 fully saturated rings. The molecule has 2 rings (SSSR count). The van der Waals surface area contributed by atoms with Gasteiger partial charge in [0.15, 0.2) is 5.82 Å². The van der Waals surface area contributed by atoms with Gasteiger partial charge in [0.1, 0.15) is 6.54 Å². The van der Waals surface area contributed by atoms with E-state index in [1.54, 1.807) is 4.68 Å². The first-order valence-corrected chi connectivity index (χ1v) is 7.22. The van der Waals surface area contributed by atoms with E-state index in [0.717, 1.165) is 56.6 Å². The van der Waals surface area contributed by atoms with Crippen LogP contribution in [0.5, 0.6) is 0 Å². The summed E-state index contributed by atoms with van der Waals surface area (Å²) in [6.45, 7) is 3.34. The summed E-state index contributed by atoms with van der Waals surface area (Å²) < 4.78 is 6.94. The molecule has 0 saturated heterocycles. The molecule has 20 heavy (non-hydrogen) atoms. The molecule has 7 nitrogen and oxygen atoms in total. The second kappa shape index (κ2) is 7.74.